The summed E-state index contributed by atoms with van der Waals surface area (Å²) >= 11 is 0. The standard InChI is InChI=1S/C18H24N2O3S/c21-18(13-6-7-13)20-11-10-14-12-16(8-9-17(14)20)24(22,23)19-15-4-2-1-3-5-15/h8-9,12-13,15,19H,1-7,10-11H2. The van der Waals surface area contributed by atoms with Gasteiger partial charge in [0.25, 0.3) is 0 Å². The number of nitrogens with zero attached hydrogens (tertiary/aromatic N) is 1. The number of carbonyl (C=O) groups is 1. The molecule has 5 nitrogen and oxygen atoms in total. The number of amides is 1. The summed E-state index contributed by atoms with van der Waals surface area (Å²) in [5, 5.41) is 0. The molecule has 2 aliphatic carbocycles. The lowest BCUT2D eigenvalue weighted by molar-refractivity contribution is -0.119. The van der Waals surface area contributed by atoms with Gasteiger partial charge >= 0.3 is 0 Å². The zero-order valence-electron chi connectivity index (χ0n) is 13.8. The van der Waals surface area contributed by atoms with E-state index in [2.05, 4.69) is 4.72 Å². The molecule has 0 atom stereocenters. The second kappa shape index (κ2) is 6.15. The number of hydrogen-bond donors (Lipinski definition) is 1. The number of fused-ring (bicyclic) bond motifs is 1. The molecule has 2 fully saturated rings. The smallest absolute Gasteiger partial charge is 0.240 e. The summed E-state index contributed by atoms with van der Waals surface area (Å²) in [4.78, 5) is 14.5. The van der Waals surface area contributed by atoms with Crippen LogP contribution < -0.4 is 9.62 Å². The first-order chi connectivity index (χ1) is 11.5. The van der Waals surface area contributed by atoms with Gasteiger partial charge in [-0.15, -0.1) is 0 Å². The van der Waals surface area contributed by atoms with Crippen molar-refractivity contribution in [2.45, 2.75) is 62.3 Å². The maximum absolute atomic E-state index is 12.6. The quantitative estimate of drug-likeness (QED) is 0.909. The van der Waals surface area contributed by atoms with Crippen molar-refractivity contribution in [3.05, 3.63) is 23.8 Å². The summed E-state index contributed by atoms with van der Waals surface area (Å²) in [5.41, 5.74) is 1.86. The normalized spacial score (nSPS) is 21.8. The Morgan fingerprint density at radius 2 is 1.83 bits per heavy atom. The zero-order chi connectivity index (χ0) is 16.7. The minimum Gasteiger partial charge on any atom is -0.312 e. The Balaban J connectivity index is 1.53. The summed E-state index contributed by atoms with van der Waals surface area (Å²) in [6, 6.07) is 5.26. The third-order valence-electron chi connectivity index (χ3n) is 5.38. The summed E-state index contributed by atoms with van der Waals surface area (Å²) in [5.74, 6) is 0.386. The molecule has 1 aromatic carbocycles. The Bertz CT molecular complexity index is 750. The lowest BCUT2D eigenvalue weighted by Gasteiger charge is -2.23. The van der Waals surface area contributed by atoms with Crippen molar-refractivity contribution in [3.63, 3.8) is 0 Å². The Hall–Kier alpha value is -1.40. The van der Waals surface area contributed by atoms with Crippen LogP contribution in [-0.2, 0) is 21.2 Å². The average molecular weight is 348 g/mol. The predicted octanol–water partition coefficient (Wildman–Crippen LogP) is 2.60. The van der Waals surface area contributed by atoms with E-state index in [0.717, 1.165) is 56.2 Å². The Labute approximate surface area is 143 Å². The van der Waals surface area contributed by atoms with Gasteiger partial charge in [0.2, 0.25) is 15.9 Å². The van der Waals surface area contributed by atoms with E-state index in [1.54, 1.807) is 18.2 Å². The first-order valence-electron chi connectivity index (χ1n) is 9.01. The van der Waals surface area contributed by atoms with Gasteiger partial charge in [0.15, 0.2) is 0 Å². The van der Waals surface area contributed by atoms with Crippen LogP contribution in [0.4, 0.5) is 5.69 Å². The molecule has 1 N–H and O–H groups in total. The van der Waals surface area contributed by atoms with Crippen LogP contribution in [0.5, 0.6) is 0 Å². The van der Waals surface area contributed by atoms with E-state index >= 15 is 0 Å². The van der Waals surface area contributed by atoms with Gasteiger partial charge < -0.3 is 4.90 Å². The van der Waals surface area contributed by atoms with Crippen molar-refractivity contribution in [3.8, 4) is 0 Å². The van der Waals surface area contributed by atoms with E-state index in [9.17, 15) is 13.2 Å². The van der Waals surface area contributed by atoms with Crippen LogP contribution in [0, 0.1) is 5.92 Å². The number of hydrogen-bond acceptors (Lipinski definition) is 3. The molecule has 1 heterocycles. The molecule has 1 aliphatic heterocycles. The van der Waals surface area contributed by atoms with Gasteiger partial charge in [-0.25, -0.2) is 13.1 Å². The summed E-state index contributed by atoms with van der Waals surface area (Å²) < 4.78 is 28.1. The number of carbonyl (C=O) groups excluding carboxylic acids is 1. The molecule has 1 amide bonds. The molecule has 0 radical (unpaired) electrons. The van der Waals surface area contributed by atoms with Crippen LogP contribution in [-0.4, -0.2) is 26.9 Å². The third kappa shape index (κ3) is 3.09. The molecule has 130 valence electrons. The van der Waals surface area contributed by atoms with Crippen LogP contribution in [0.25, 0.3) is 0 Å². The van der Waals surface area contributed by atoms with Crippen molar-refractivity contribution in [1.29, 1.82) is 0 Å². The van der Waals surface area contributed by atoms with Crippen molar-refractivity contribution >= 4 is 21.6 Å². The van der Waals surface area contributed by atoms with Crippen molar-refractivity contribution in [2.24, 2.45) is 5.92 Å². The summed E-state index contributed by atoms with van der Waals surface area (Å²) in [6.07, 6.45) is 7.94. The summed E-state index contributed by atoms with van der Waals surface area (Å²) in [7, 11) is -3.48. The maximum atomic E-state index is 12.6. The molecule has 24 heavy (non-hydrogen) atoms. The molecule has 0 saturated heterocycles. The third-order valence-corrected chi connectivity index (χ3v) is 6.89. The molecule has 2 saturated carbocycles. The Morgan fingerprint density at radius 1 is 1.08 bits per heavy atom. The van der Waals surface area contributed by atoms with Gasteiger partial charge in [-0.05, 0) is 55.9 Å². The highest BCUT2D eigenvalue weighted by atomic mass is 32.2. The maximum Gasteiger partial charge on any atom is 0.240 e. The second-order valence-electron chi connectivity index (χ2n) is 7.26. The first-order valence-corrected chi connectivity index (χ1v) is 10.5. The van der Waals surface area contributed by atoms with E-state index in [1.807, 2.05) is 4.90 Å². The number of nitrogens with one attached hydrogen (secondary N) is 1. The van der Waals surface area contributed by atoms with Gasteiger partial charge in [0.05, 0.1) is 4.90 Å². The number of rotatable bonds is 4. The molecule has 0 unspecified atom stereocenters. The zero-order valence-corrected chi connectivity index (χ0v) is 14.6. The summed E-state index contributed by atoms with van der Waals surface area (Å²) in [6.45, 7) is 0.671. The molecule has 1 aromatic rings. The molecule has 0 aromatic heterocycles. The van der Waals surface area contributed by atoms with Crippen molar-refractivity contribution < 1.29 is 13.2 Å². The lowest BCUT2D eigenvalue weighted by Crippen LogP contribution is -2.36. The van der Waals surface area contributed by atoms with Crippen molar-refractivity contribution in [1.82, 2.24) is 4.72 Å². The highest BCUT2D eigenvalue weighted by molar-refractivity contribution is 7.89. The second-order valence-corrected chi connectivity index (χ2v) is 8.97. The van der Waals surface area contributed by atoms with Crippen LogP contribution >= 0.6 is 0 Å². The number of sulfonamides is 1. The predicted molar refractivity (Wildman–Crippen MR) is 92.4 cm³/mol. The van der Waals surface area contributed by atoms with Gasteiger partial charge in [0.1, 0.15) is 0 Å². The van der Waals surface area contributed by atoms with Crippen molar-refractivity contribution in [2.75, 3.05) is 11.4 Å². The van der Waals surface area contributed by atoms with E-state index < -0.39 is 10.0 Å². The van der Waals surface area contributed by atoms with Crippen LogP contribution in [0.3, 0.4) is 0 Å². The molecular formula is C18H24N2O3S. The molecular weight excluding hydrogens is 324 g/mol. The van der Waals surface area contributed by atoms with E-state index in [-0.39, 0.29) is 17.9 Å². The number of benzene rings is 1. The van der Waals surface area contributed by atoms with Gasteiger partial charge in [-0.1, -0.05) is 19.3 Å². The fourth-order valence-corrected chi connectivity index (χ4v) is 5.19. The molecule has 3 aliphatic rings. The minimum atomic E-state index is -3.48. The average Bonchev–Trinajstić information content (AvgIpc) is 3.34. The SMILES string of the molecule is O=C(C1CC1)N1CCc2cc(S(=O)(=O)NC3CCCCC3)ccc21. The fourth-order valence-electron chi connectivity index (χ4n) is 3.83. The molecule has 0 bridgehead atoms. The van der Waals surface area contributed by atoms with Gasteiger partial charge in [0, 0.05) is 24.2 Å². The molecule has 0 spiro atoms. The first kappa shape index (κ1) is 16.1. The highest BCUT2D eigenvalue weighted by Crippen LogP contribution is 2.37. The Kier molecular flexibility index (Phi) is 4.12. The number of anilines is 1. The largest absolute Gasteiger partial charge is 0.312 e. The van der Waals surface area contributed by atoms with E-state index in [4.69, 9.17) is 0 Å². The molecule has 6 heteroatoms. The van der Waals surface area contributed by atoms with Gasteiger partial charge in [-0.3, -0.25) is 4.79 Å². The van der Waals surface area contributed by atoms with Crippen LogP contribution in [0.15, 0.2) is 23.1 Å². The van der Waals surface area contributed by atoms with Crippen LogP contribution in [0.2, 0.25) is 0 Å². The highest BCUT2D eigenvalue weighted by Gasteiger charge is 2.36. The topological polar surface area (TPSA) is 66.5 Å². The fraction of sp³-hybridized carbons (Fsp3) is 0.611. The monoisotopic (exact) mass is 348 g/mol. The Morgan fingerprint density at radius 3 is 2.54 bits per heavy atom. The van der Waals surface area contributed by atoms with Gasteiger partial charge in [-0.2, -0.15) is 0 Å². The van der Waals surface area contributed by atoms with E-state index in [1.165, 1.54) is 6.42 Å². The lowest BCUT2D eigenvalue weighted by atomic mass is 9.96. The van der Waals surface area contributed by atoms with Crippen LogP contribution in [0.1, 0.15) is 50.5 Å². The minimum absolute atomic E-state index is 0.0601. The molecule has 4 rings (SSSR count). The van der Waals surface area contributed by atoms with E-state index in [0.29, 0.717) is 11.4 Å².